The maximum Gasteiger partial charge on any atom is 2.00 e. The third-order valence-electron chi connectivity index (χ3n) is 12.0. The molecule has 12 heteroatoms. The molecule has 0 N–H and O–H groups in total. The second-order valence-electron chi connectivity index (χ2n) is 27.5. The van der Waals surface area contributed by atoms with E-state index in [9.17, 15) is 39.6 Å². The van der Waals surface area contributed by atoms with Crippen LogP contribution in [-0.4, -0.2) is 33.1 Å². The van der Waals surface area contributed by atoms with Gasteiger partial charge in [0.1, 0.15) is 0 Å². The molecule has 0 atom stereocenters. The molecule has 2 aromatic carbocycles. The Morgan fingerprint density at radius 1 is 0.321 bits per heavy atom. The minimum absolute atomic E-state index is 0. The van der Waals surface area contributed by atoms with Crippen LogP contribution in [0.15, 0.2) is 132 Å². The molecule has 10 nitrogen and oxygen atoms in total. The quantitative estimate of drug-likeness (QED) is 0.0931. The number of carbonyl (C=O) groups is 4. The zero-order valence-electron chi connectivity index (χ0n) is 52.0. The van der Waals surface area contributed by atoms with Crippen molar-refractivity contribution in [2.45, 2.75) is 188 Å². The zero-order chi connectivity index (χ0) is 59.4. The predicted octanol–water partition coefficient (Wildman–Crippen LogP) is 13.2. The number of benzene rings is 2. The van der Waals surface area contributed by atoms with Crippen molar-refractivity contribution in [3.8, 4) is 23.0 Å². The van der Waals surface area contributed by atoms with Gasteiger partial charge in [-0.1, -0.05) is 226 Å². The molecule has 0 radical (unpaired) electrons. The number of aromatic nitrogens is 2. The molecule has 0 unspecified atom stereocenters. The molecule has 0 amide bonds. The van der Waals surface area contributed by atoms with Crippen molar-refractivity contribution in [1.82, 2.24) is 9.97 Å². The van der Waals surface area contributed by atoms with Gasteiger partial charge in [0, 0.05) is 35.9 Å². The normalized spacial score (nSPS) is 14.1. The average Bonchev–Trinajstić information content (AvgIpc) is 3.26. The van der Waals surface area contributed by atoms with Gasteiger partial charge in [0.25, 0.3) is 0 Å². The zero-order valence-corrected chi connectivity index (χ0v) is 57.9. The van der Waals surface area contributed by atoms with E-state index in [-0.39, 0.29) is 105 Å². The number of hydrogen-bond acceptors (Lipinski definition) is 10. The second-order valence-corrected chi connectivity index (χ2v) is 27.5. The van der Waals surface area contributed by atoms with E-state index in [2.05, 4.69) is 9.97 Å². The molecule has 6 rings (SSSR count). The van der Waals surface area contributed by atoms with E-state index in [4.69, 9.17) is 0 Å². The molecule has 0 bridgehead atoms. The van der Waals surface area contributed by atoms with Crippen molar-refractivity contribution in [2.75, 3.05) is 0 Å². The van der Waals surface area contributed by atoms with E-state index in [0.29, 0.717) is 22.3 Å². The summed E-state index contributed by atoms with van der Waals surface area (Å²) >= 11 is 0. The van der Waals surface area contributed by atoms with Crippen LogP contribution in [0, 0.1) is 21.7 Å². The smallest absolute Gasteiger partial charge is 0.873 e. The minimum atomic E-state index is -0.391. The van der Waals surface area contributed by atoms with Gasteiger partial charge < -0.3 is 20.4 Å². The Morgan fingerprint density at radius 2 is 0.577 bits per heavy atom. The van der Waals surface area contributed by atoms with Crippen LogP contribution >= 0.6 is 0 Å². The summed E-state index contributed by atoms with van der Waals surface area (Å²) in [4.78, 5) is 54.4. The SMILES string of the molecule is CC(C)(C)C1=CC(=O)C(=O)C(C(C)(C)C)=C1.CC(C)(C)C1=CC(=O)C(=O)C(C(C)(C)C)=C1.CC(C)(C)c1cc([O-])c([O-])c(C(C)(C)C)c1.CC(C)(C)c1cc([O-])c([O-])c(C(C)(C)C)c1.[Zn+2].[Zn+2].c1ccncc1.c1ccncc1. The number of pyridine rings is 2. The van der Waals surface area contributed by atoms with E-state index < -0.39 is 23.1 Å². The molecule has 2 heterocycles. The van der Waals surface area contributed by atoms with Gasteiger partial charge in [-0.05, 0) is 102 Å². The van der Waals surface area contributed by atoms with Gasteiger partial charge in [-0.15, -0.1) is 23.0 Å². The summed E-state index contributed by atoms with van der Waals surface area (Å²) in [6, 6.07) is 18.1. The van der Waals surface area contributed by atoms with E-state index in [0.717, 1.165) is 22.3 Å². The van der Waals surface area contributed by atoms with Gasteiger partial charge in [0.15, 0.2) is 0 Å². The molecule has 416 valence electrons. The minimum Gasteiger partial charge on any atom is -0.873 e. The fraction of sp³-hybridized carbons (Fsp3) is 0.485. The van der Waals surface area contributed by atoms with E-state index in [1.165, 1.54) is 24.3 Å². The average molecular weight is 1170 g/mol. The molecule has 2 aromatic heterocycles. The molecule has 0 saturated carbocycles. The Hall–Kier alpha value is -5.17. The van der Waals surface area contributed by atoms with Crippen LogP contribution in [-0.2, 0) is 79.8 Å². The summed E-state index contributed by atoms with van der Waals surface area (Å²) in [6.07, 6.45) is 13.7. The van der Waals surface area contributed by atoms with Crippen LogP contribution in [0.5, 0.6) is 23.0 Å². The summed E-state index contributed by atoms with van der Waals surface area (Å²) in [5, 5.41) is 46.8. The van der Waals surface area contributed by atoms with Crippen molar-refractivity contribution in [2.24, 2.45) is 21.7 Å². The van der Waals surface area contributed by atoms with Gasteiger partial charge in [-0.3, -0.25) is 29.1 Å². The van der Waals surface area contributed by atoms with Crippen molar-refractivity contribution in [3.05, 3.63) is 154 Å². The molecule has 0 fully saturated rings. The summed E-state index contributed by atoms with van der Waals surface area (Å²) in [6.45, 7) is 47.9. The summed E-state index contributed by atoms with van der Waals surface area (Å²) < 4.78 is 0. The van der Waals surface area contributed by atoms with Crippen LogP contribution < -0.4 is 20.4 Å². The fourth-order valence-electron chi connectivity index (χ4n) is 6.99. The maximum atomic E-state index is 11.8. The third-order valence-corrected chi connectivity index (χ3v) is 12.0. The van der Waals surface area contributed by atoms with E-state index in [1.807, 2.05) is 227 Å². The van der Waals surface area contributed by atoms with Crippen LogP contribution in [0.25, 0.3) is 0 Å². The van der Waals surface area contributed by atoms with Gasteiger partial charge in [-0.25, -0.2) is 0 Å². The van der Waals surface area contributed by atoms with E-state index >= 15 is 0 Å². The number of allylic oxidation sites excluding steroid dienone is 8. The third kappa shape index (κ3) is 24.5. The Bertz CT molecular complexity index is 2500. The Balaban J connectivity index is 0. The first-order valence-electron chi connectivity index (χ1n) is 26.0. The Kier molecular flexibility index (Phi) is 28.2. The Morgan fingerprint density at radius 3 is 0.744 bits per heavy atom. The first-order chi connectivity index (χ1) is 34.1. The molecule has 2 aliphatic rings. The van der Waals surface area contributed by atoms with Gasteiger partial charge in [0.2, 0.25) is 23.1 Å². The standard InChI is InChI=1S/2C14H22O2.2C14H20O2.2C5H5N.2Zn/c4*1-13(2,3)9-7-10(14(4,5)6)12(16)11(15)8-9;2*1-2-4-6-5-3-1;;/h2*7-8,15-16H,1-6H3;2*7-8H,1-6H3;2*1-5H;;/q;;;;;;2*+2/p-4. The van der Waals surface area contributed by atoms with Crippen LogP contribution in [0.4, 0.5) is 0 Å². The molecule has 4 aromatic rings. The fourth-order valence-corrected chi connectivity index (χ4v) is 6.99. The first-order valence-corrected chi connectivity index (χ1v) is 26.0. The predicted molar refractivity (Wildman–Crippen MR) is 304 cm³/mol. The summed E-state index contributed by atoms with van der Waals surface area (Å²) in [7, 11) is 0. The number of carbonyl (C=O) groups excluding carboxylic acids is 4. The molecule has 2 aliphatic carbocycles. The van der Waals surface area contributed by atoms with Crippen LogP contribution in [0.1, 0.15) is 188 Å². The second kappa shape index (κ2) is 29.3. The van der Waals surface area contributed by atoms with Crippen molar-refractivity contribution < 1.29 is 78.6 Å². The topological polar surface area (TPSA) is 186 Å². The maximum absolute atomic E-state index is 11.8. The number of nitrogens with zero attached hydrogens (tertiary/aromatic N) is 2. The molecule has 78 heavy (non-hydrogen) atoms. The van der Waals surface area contributed by atoms with Crippen LogP contribution in [0.3, 0.4) is 0 Å². The molecule has 0 aliphatic heterocycles. The van der Waals surface area contributed by atoms with Crippen molar-refractivity contribution >= 4 is 23.1 Å². The molecule has 0 saturated heterocycles. The number of Topliss-reactive ketones (excluding diaryl/α,β-unsaturated/α-hetero) is 2. The number of hydrogen-bond donors (Lipinski definition) is 0. The van der Waals surface area contributed by atoms with Crippen molar-refractivity contribution in [3.63, 3.8) is 0 Å². The van der Waals surface area contributed by atoms with Gasteiger partial charge in [0.05, 0.1) is 0 Å². The summed E-state index contributed by atoms with van der Waals surface area (Å²) in [5.74, 6) is -3.01. The molecule has 0 spiro atoms. The van der Waals surface area contributed by atoms with Crippen LogP contribution in [0.2, 0.25) is 0 Å². The van der Waals surface area contributed by atoms with Gasteiger partial charge in [-0.2, -0.15) is 0 Å². The van der Waals surface area contributed by atoms with Gasteiger partial charge >= 0.3 is 39.0 Å². The monoisotopic (exact) mass is 1170 g/mol. The van der Waals surface area contributed by atoms with Crippen molar-refractivity contribution in [1.29, 1.82) is 0 Å². The number of ketones is 4. The Labute approximate surface area is 495 Å². The largest absolute Gasteiger partial charge is 2.00 e. The number of rotatable bonds is 0. The summed E-state index contributed by atoms with van der Waals surface area (Å²) in [5.41, 5.74) is 4.65. The first kappa shape index (κ1) is 74.9. The molecular formula is C66H90N2O8Zn2. The molecular weight excluding hydrogens is 1080 g/mol. The van der Waals surface area contributed by atoms with E-state index in [1.54, 1.807) is 24.8 Å².